The number of carbonyl (C=O) groups excluding carboxylic acids is 2. The molecule has 0 heterocycles. The molecule has 0 saturated heterocycles. The number of quaternary nitrogens is 2. The lowest BCUT2D eigenvalue weighted by Crippen LogP contribution is -3.07. The average molecular weight is 745 g/mol. The minimum absolute atomic E-state index is 0.0754. The fraction of sp³-hybridized carbons (Fsp3) is 0.850. The quantitative estimate of drug-likeness (QED) is 0.0310. The van der Waals surface area contributed by atoms with Crippen molar-refractivity contribution in [2.75, 3.05) is 52.7 Å². The van der Waals surface area contributed by atoms with Gasteiger partial charge in [-0.25, -0.2) is 20.0 Å². The van der Waals surface area contributed by atoms with E-state index in [9.17, 15) is 20.0 Å². The van der Waals surface area contributed by atoms with E-state index < -0.39 is 24.1 Å². The Morgan fingerprint density at radius 2 is 0.808 bits per heavy atom. The molecule has 0 aliphatic rings. The molecule has 0 bridgehead atoms. The molecule has 0 aliphatic carbocycles. The van der Waals surface area contributed by atoms with Gasteiger partial charge in [-0.2, -0.15) is 9.68 Å². The minimum atomic E-state index is -0.665. The van der Waals surface area contributed by atoms with Crippen molar-refractivity contribution in [3.05, 3.63) is 35.7 Å². The van der Waals surface area contributed by atoms with Crippen LogP contribution in [0, 0.1) is 10.4 Å². The fourth-order valence-corrected chi connectivity index (χ4v) is 5.54. The second kappa shape index (κ2) is 38.8. The van der Waals surface area contributed by atoms with Crippen molar-refractivity contribution in [1.29, 1.82) is 0 Å². The van der Waals surface area contributed by atoms with Crippen molar-refractivity contribution >= 4 is 11.9 Å². The van der Waals surface area contributed by atoms with E-state index in [1.807, 2.05) is 0 Å². The third kappa shape index (κ3) is 35.1. The standard InChI is InChI=1S/C40H76N2O10/c1-5-9-11-13-15-17-19-21-25-29-41(45)51-37(35-49-39(43)7-3)33-47-31-27-23-24-28-32-48-34-38(36-50-40(44)8-4)52-42(46)30-26-22-20-18-16-14-12-10-6-2/h7-8,37-38,41-42H,3-6,9-36H2,1-2H3. The summed E-state index contributed by atoms with van der Waals surface area (Å²) >= 11 is 0. The third-order valence-electron chi connectivity index (χ3n) is 8.66. The number of hydroxylamine groups is 4. The van der Waals surface area contributed by atoms with Gasteiger partial charge in [0.2, 0.25) is 0 Å². The number of ether oxygens (including phenoxy) is 4. The Labute approximate surface area is 316 Å². The van der Waals surface area contributed by atoms with Gasteiger partial charge in [0.25, 0.3) is 0 Å². The zero-order valence-electron chi connectivity index (χ0n) is 33.0. The Kier molecular flexibility index (Phi) is 37.4. The summed E-state index contributed by atoms with van der Waals surface area (Å²) in [6.07, 6.45) is 25.3. The maximum atomic E-state index is 12.4. The molecule has 12 nitrogen and oxygen atoms in total. The summed E-state index contributed by atoms with van der Waals surface area (Å²) in [5.41, 5.74) is 0. The second-order valence-corrected chi connectivity index (χ2v) is 13.6. The molecular weight excluding hydrogens is 668 g/mol. The van der Waals surface area contributed by atoms with Crippen LogP contribution in [0.1, 0.15) is 155 Å². The molecule has 0 rings (SSSR count). The topological polar surface area (TPSA) is 145 Å². The van der Waals surface area contributed by atoms with Crippen LogP contribution in [-0.4, -0.2) is 76.9 Å². The summed E-state index contributed by atoms with van der Waals surface area (Å²) in [6, 6.07) is 0. The highest BCUT2D eigenvalue weighted by atomic mass is 16.9. The van der Waals surface area contributed by atoms with Crippen LogP contribution in [0.3, 0.4) is 0 Å². The largest absolute Gasteiger partial charge is 0.600 e. The zero-order valence-corrected chi connectivity index (χ0v) is 33.0. The summed E-state index contributed by atoms with van der Waals surface area (Å²) in [5.74, 6) is -1.14. The second-order valence-electron chi connectivity index (χ2n) is 13.6. The molecule has 0 aromatic rings. The van der Waals surface area contributed by atoms with Crippen molar-refractivity contribution in [2.45, 2.75) is 167 Å². The molecule has 0 radical (unpaired) electrons. The molecule has 306 valence electrons. The number of hydrogen-bond acceptors (Lipinski definition) is 10. The Hall–Kier alpha value is -1.90. The van der Waals surface area contributed by atoms with Crippen molar-refractivity contribution in [1.82, 2.24) is 0 Å². The highest BCUT2D eigenvalue weighted by Crippen LogP contribution is 2.10. The van der Waals surface area contributed by atoms with E-state index in [2.05, 4.69) is 27.0 Å². The lowest BCUT2D eigenvalue weighted by atomic mass is 10.1. The normalized spacial score (nSPS) is 13.7. The molecule has 0 fully saturated rings. The highest BCUT2D eigenvalue weighted by Gasteiger charge is 2.18. The van der Waals surface area contributed by atoms with Crippen LogP contribution in [0.4, 0.5) is 0 Å². The Morgan fingerprint density at radius 1 is 0.500 bits per heavy atom. The number of esters is 2. The van der Waals surface area contributed by atoms with Crippen LogP contribution in [0.5, 0.6) is 0 Å². The van der Waals surface area contributed by atoms with E-state index in [1.165, 1.54) is 77.0 Å². The molecular formula is C40H76N2O10. The fourth-order valence-electron chi connectivity index (χ4n) is 5.54. The Bertz CT molecular complexity index is 768. The summed E-state index contributed by atoms with van der Waals surface area (Å²) in [6.45, 7) is 13.0. The van der Waals surface area contributed by atoms with Crippen LogP contribution in [0.2, 0.25) is 0 Å². The minimum Gasteiger partial charge on any atom is -0.600 e. The lowest BCUT2D eigenvalue weighted by Gasteiger charge is -2.25. The van der Waals surface area contributed by atoms with Crippen molar-refractivity contribution in [3.8, 4) is 0 Å². The predicted molar refractivity (Wildman–Crippen MR) is 205 cm³/mol. The van der Waals surface area contributed by atoms with Crippen LogP contribution < -0.4 is 10.5 Å². The monoisotopic (exact) mass is 745 g/mol. The molecule has 0 spiro atoms. The number of carbonyl (C=O) groups is 2. The van der Waals surface area contributed by atoms with Gasteiger partial charge in [0.05, 0.1) is 13.2 Å². The van der Waals surface area contributed by atoms with Gasteiger partial charge in [0.1, 0.15) is 26.3 Å². The maximum Gasteiger partial charge on any atom is 0.330 e. The van der Waals surface area contributed by atoms with Crippen LogP contribution in [0.15, 0.2) is 25.3 Å². The smallest absolute Gasteiger partial charge is 0.330 e. The van der Waals surface area contributed by atoms with E-state index in [1.54, 1.807) is 0 Å². The van der Waals surface area contributed by atoms with Crippen molar-refractivity contribution < 1.29 is 48.7 Å². The Morgan fingerprint density at radius 3 is 1.13 bits per heavy atom. The van der Waals surface area contributed by atoms with Crippen LogP contribution in [-0.2, 0) is 38.2 Å². The molecule has 0 amide bonds. The van der Waals surface area contributed by atoms with Gasteiger partial charge >= 0.3 is 11.9 Å². The van der Waals surface area contributed by atoms with Crippen LogP contribution in [0.25, 0.3) is 0 Å². The van der Waals surface area contributed by atoms with E-state index >= 15 is 0 Å². The van der Waals surface area contributed by atoms with Crippen molar-refractivity contribution in [2.24, 2.45) is 0 Å². The first-order chi connectivity index (χ1) is 25.4. The predicted octanol–water partition coefficient (Wildman–Crippen LogP) is 6.47. The maximum absolute atomic E-state index is 12.4. The molecule has 2 N–H and O–H groups in total. The van der Waals surface area contributed by atoms with Gasteiger partial charge in [-0.05, 0) is 38.5 Å². The van der Waals surface area contributed by atoms with E-state index in [0.29, 0.717) is 26.3 Å². The molecule has 0 saturated carbocycles. The highest BCUT2D eigenvalue weighted by molar-refractivity contribution is 5.81. The summed E-state index contributed by atoms with van der Waals surface area (Å²) in [5, 5.41) is 24.2. The number of nitrogens with one attached hydrogen (secondary N) is 2. The first-order valence-electron chi connectivity index (χ1n) is 20.5. The van der Waals surface area contributed by atoms with Crippen LogP contribution >= 0.6 is 0 Å². The molecule has 0 aromatic carbocycles. The van der Waals surface area contributed by atoms with Gasteiger partial charge in [0.15, 0.2) is 12.2 Å². The number of unbranched alkanes of at least 4 members (excludes halogenated alkanes) is 19. The number of rotatable bonds is 41. The number of hydrogen-bond donors (Lipinski definition) is 2. The van der Waals surface area contributed by atoms with Gasteiger partial charge < -0.3 is 29.4 Å². The van der Waals surface area contributed by atoms with E-state index in [-0.39, 0.29) is 36.9 Å². The zero-order chi connectivity index (χ0) is 38.3. The third-order valence-corrected chi connectivity index (χ3v) is 8.66. The summed E-state index contributed by atoms with van der Waals surface area (Å²) in [7, 11) is 0. The first-order valence-corrected chi connectivity index (χ1v) is 20.5. The van der Waals surface area contributed by atoms with Gasteiger partial charge in [0, 0.05) is 25.4 Å². The molecule has 0 aliphatic heterocycles. The SMILES string of the molecule is C=CC(=O)OCC(COCCCCCCOCC(COC(=O)C=C)O[NH+]([O-])CCCCCCCCCCC)O[NH+]([O-])CCCCCCCCCCC. The van der Waals surface area contributed by atoms with Gasteiger partial charge in [-0.15, -0.1) is 0 Å². The summed E-state index contributed by atoms with van der Waals surface area (Å²) in [4.78, 5) is 34.2. The van der Waals surface area contributed by atoms with Gasteiger partial charge in [-0.1, -0.05) is 130 Å². The van der Waals surface area contributed by atoms with Crippen molar-refractivity contribution in [3.63, 3.8) is 0 Å². The van der Waals surface area contributed by atoms with E-state index in [0.717, 1.165) is 76.4 Å². The summed E-state index contributed by atoms with van der Waals surface area (Å²) < 4.78 is 21.7. The average Bonchev–Trinajstić information content (AvgIpc) is 3.14. The molecule has 4 unspecified atom stereocenters. The molecule has 4 atom stereocenters. The van der Waals surface area contributed by atoms with E-state index in [4.69, 9.17) is 28.6 Å². The molecule has 0 aromatic heterocycles. The first kappa shape index (κ1) is 50.1. The Balaban J connectivity index is 4.22. The van der Waals surface area contributed by atoms with Gasteiger partial charge in [-0.3, -0.25) is 0 Å². The lowest BCUT2D eigenvalue weighted by molar-refractivity contribution is -1.06. The molecule has 12 heteroatoms. The molecule has 52 heavy (non-hydrogen) atoms.